The van der Waals surface area contributed by atoms with Crippen LogP contribution in [0.15, 0.2) is 24.5 Å². The molecule has 3 rings (SSSR count). The van der Waals surface area contributed by atoms with Gasteiger partial charge in [0.1, 0.15) is 0 Å². The van der Waals surface area contributed by atoms with Gasteiger partial charge in [0.05, 0.1) is 0 Å². The average Bonchev–Trinajstić information content (AvgIpc) is 3.01. The molecule has 2 aliphatic rings. The topological polar surface area (TPSA) is 42.4 Å². The van der Waals surface area contributed by atoms with Gasteiger partial charge in [-0.25, -0.2) is 0 Å². The van der Waals surface area contributed by atoms with Gasteiger partial charge in [-0.15, -0.1) is 0 Å². The van der Waals surface area contributed by atoms with E-state index in [1.165, 1.54) is 5.56 Å². The number of hydrogen-bond donors (Lipinski definition) is 0. The first kappa shape index (κ1) is 13.6. The fourth-order valence-corrected chi connectivity index (χ4v) is 3.22. The van der Waals surface area contributed by atoms with Gasteiger partial charge in [0.15, 0.2) is 0 Å². The van der Waals surface area contributed by atoms with Crippen LogP contribution < -0.4 is 0 Å². The van der Waals surface area contributed by atoms with E-state index in [1.54, 1.807) is 0 Å². The van der Waals surface area contributed by atoms with Crippen LogP contribution in [0.2, 0.25) is 0 Å². The highest BCUT2D eigenvalue weighted by molar-refractivity contribution is 5.76. The van der Waals surface area contributed by atoms with Crippen LogP contribution in [0.5, 0.6) is 0 Å². The van der Waals surface area contributed by atoms with Gasteiger partial charge < -0.3 is 9.64 Å². The second-order valence-corrected chi connectivity index (χ2v) is 5.87. The van der Waals surface area contributed by atoms with Crippen LogP contribution in [-0.4, -0.2) is 42.1 Å². The molecule has 0 N–H and O–H groups in total. The predicted octanol–water partition coefficient (Wildman–Crippen LogP) is 2.21. The number of rotatable bonds is 3. The van der Waals surface area contributed by atoms with E-state index in [9.17, 15) is 4.79 Å². The summed E-state index contributed by atoms with van der Waals surface area (Å²) in [5.41, 5.74) is 1.36. The lowest BCUT2D eigenvalue weighted by Gasteiger charge is -2.32. The fraction of sp³-hybridized carbons (Fsp3) is 0.625. The summed E-state index contributed by atoms with van der Waals surface area (Å²) < 4.78 is 5.34. The zero-order valence-corrected chi connectivity index (χ0v) is 11.8. The molecule has 1 aromatic heterocycles. The van der Waals surface area contributed by atoms with Gasteiger partial charge in [-0.1, -0.05) is 0 Å². The first-order chi connectivity index (χ1) is 9.83. The molecule has 4 nitrogen and oxygen atoms in total. The summed E-state index contributed by atoms with van der Waals surface area (Å²) in [5, 5.41) is 0. The minimum atomic E-state index is 0.314. The molecule has 2 fully saturated rings. The molecule has 20 heavy (non-hydrogen) atoms. The molecule has 0 unspecified atom stereocenters. The zero-order chi connectivity index (χ0) is 13.8. The SMILES string of the molecule is O=C(C[C@@H]1CCOC1)N1CCC(c2ccncc2)CC1. The molecule has 1 amide bonds. The van der Waals surface area contributed by atoms with Gasteiger partial charge in [-0.05, 0) is 48.8 Å². The molecule has 4 heteroatoms. The summed E-state index contributed by atoms with van der Waals surface area (Å²) in [6.45, 7) is 3.36. The molecule has 0 aliphatic carbocycles. The third kappa shape index (κ3) is 3.18. The number of carbonyl (C=O) groups is 1. The standard InChI is InChI=1S/C16H22N2O2/c19-16(11-13-5-10-20-12-13)18-8-3-15(4-9-18)14-1-6-17-7-2-14/h1-2,6-7,13,15H,3-5,8-12H2/t13-/m0/s1. The van der Waals surface area contributed by atoms with E-state index in [4.69, 9.17) is 4.74 Å². The Morgan fingerprint density at radius 3 is 2.65 bits per heavy atom. The summed E-state index contributed by atoms with van der Waals surface area (Å²) in [4.78, 5) is 18.4. The van der Waals surface area contributed by atoms with Gasteiger partial charge in [0, 0.05) is 45.1 Å². The molecule has 0 radical (unpaired) electrons. The Morgan fingerprint density at radius 1 is 1.25 bits per heavy atom. The second kappa shape index (κ2) is 6.35. The van der Waals surface area contributed by atoms with Crippen molar-refractivity contribution >= 4 is 5.91 Å². The maximum Gasteiger partial charge on any atom is 0.222 e. The smallest absolute Gasteiger partial charge is 0.222 e. The van der Waals surface area contributed by atoms with Crippen molar-refractivity contribution in [2.24, 2.45) is 5.92 Å². The molecule has 0 bridgehead atoms. The summed E-state index contributed by atoms with van der Waals surface area (Å²) in [7, 11) is 0. The van der Waals surface area contributed by atoms with Gasteiger partial charge in [-0.3, -0.25) is 9.78 Å². The predicted molar refractivity (Wildman–Crippen MR) is 76.3 cm³/mol. The highest BCUT2D eigenvalue weighted by atomic mass is 16.5. The molecule has 1 aromatic rings. The highest BCUT2D eigenvalue weighted by Crippen LogP contribution is 2.28. The Labute approximate surface area is 120 Å². The van der Waals surface area contributed by atoms with E-state index in [2.05, 4.69) is 17.1 Å². The molecule has 0 saturated carbocycles. The molecule has 0 spiro atoms. The number of carbonyl (C=O) groups excluding carboxylic acids is 1. The van der Waals surface area contributed by atoms with Crippen LogP contribution in [-0.2, 0) is 9.53 Å². The summed E-state index contributed by atoms with van der Waals surface area (Å²) >= 11 is 0. The van der Waals surface area contributed by atoms with E-state index in [0.717, 1.165) is 45.6 Å². The van der Waals surface area contributed by atoms with Crippen LogP contribution in [0, 0.1) is 5.92 Å². The Balaban J connectivity index is 1.49. The van der Waals surface area contributed by atoms with Crippen LogP contribution in [0.25, 0.3) is 0 Å². The van der Waals surface area contributed by atoms with E-state index < -0.39 is 0 Å². The van der Waals surface area contributed by atoms with E-state index in [1.807, 2.05) is 17.3 Å². The number of piperidine rings is 1. The number of aromatic nitrogens is 1. The van der Waals surface area contributed by atoms with Gasteiger partial charge >= 0.3 is 0 Å². The number of amides is 1. The molecule has 1 atom stereocenters. The van der Waals surface area contributed by atoms with E-state index in [-0.39, 0.29) is 0 Å². The maximum atomic E-state index is 12.3. The first-order valence-electron chi connectivity index (χ1n) is 7.58. The largest absolute Gasteiger partial charge is 0.381 e. The minimum absolute atomic E-state index is 0.314. The monoisotopic (exact) mass is 274 g/mol. The summed E-state index contributed by atoms with van der Waals surface area (Å²) in [6.07, 6.45) is 7.55. The Bertz CT molecular complexity index is 435. The van der Waals surface area contributed by atoms with Crippen molar-refractivity contribution in [2.45, 2.75) is 31.6 Å². The molecule has 2 aliphatic heterocycles. The number of pyridine rings is 1. The third-order valence-electron chi connectivity index (χ3n) is 4.51. The molecular weight excluding hydrogens is 252 g/mol. The van der Waals surface area contributed by atoms with Crippen molar-refractivity contribution < 1.29 is 9.53 Å². The number of nitrogens with zero attached hydrogens (tertiary/aromatic N) is 2. The zero-order valence-electron chi connectivity index (χ0n) is 11.8. The quantitative estimate of drug-likeness (QED) is 0.848. The first-order valence-corrected chi connectivity index (χ1v) is 7.58. The van der Waals surface area contributed by atoms with E-state index >= 15 is 0 Å². The van der Waals surface area contributed by atoms with Crippen molar-refractivity contribution in [1.82, 2.24) is 9.88 Å². The Kier molecular flexibility index (Phi) is 4.31. The Hall–Kier alpha value is -1.42. The fourth-order valence-electron chi connectivity index (χ4n) is 3.22. The van der Waals surface area contributed by atoms with Crippen molar-refractivity contribution in [3.63, 3.8) is 0 Å². The molecule has 2 saturated heterocycles. The third-order valence-corrected chi connectivity index (χ3v) is 4.51. The van der Waals surface area contributed by atoms with Gasteiger partial charge in [0.25, 0.3) is 0 Å². The second-order valence-electron chi connectivity index (χ2n) is 5.87. The number of hydrogen-bond acceptors (Lipinski definition) is 3. The van der Waals surface area contributed by atoms with Crippen LogP contribution >= 0.6 is 0 Å². The van der Waals surface area contributed by atoms with Crippen molar-refractivity contribution in [2.75, 3.05) is 26.3 Å². The molecular formula is C16H22N2O2. The van der Waals surface area contributed by atoms with Crippen molar-refractivity contribution in [1.29, 1.82) is 0 Å². The number of ether oxygens (including phenoxy) is 1. The van der Waals surface area contributed by atoms with Crippen LogP contribution in [0.4, 0.5) is 0 Å². The van der Waals surface area contributed by atoms with Crippen LogP contribution in [0.3, 0.4) is 0 Å². The van der Waals surface area contributed by atoms with Crippen LogP contribution in [0.1, 0.15) is 37.2 Å². The molecule has 108 valence electrons. The summed E-state index contributed by atoms with van der Waals surface area (Å²) in [5.74, 6) is 1.34. The van der Waals surface area contributed by atoms with Crippen molar-refractivity contribution in [3.8, 4) is 0 Å². The number of likely N-dealkylation sites (tertiary alicyclic amines) is 1. The lowest BCUT2D eigenvalue weighted by molar-refractivity contribution is -0.133. The van der Waals surface area contributed by atoms with Gasteiger partial charge in [0.2, 0.25) is 5.91 Å². The lowest BCUT2D eigenvalue weighted by atomic mass is 9.90. The average molecular weight is 274 g/mol. The minimum Gasteiger partial charge on any atom is -0.381 e. The molecule has 3 heterocycles. The van der Waals surface area contributed by atoms with E-state index in [0.29, 0.717) is 24.2 Å². The maximum absolute atomic E-state index is 12.3. The van der Waals surface area contributed by atoms with Crippen molar-refractivity contribution in [3.05, 3.63) is 30.1 Å². The Morgan fingerprint density at radius 2 is 2.00 bits per heavy atom. The summed E-state index contributed by atoms with van der Waals surface area (Å²) in [6, 6.07) is 4.19. The lowest BCUT2D eigenvalue weighted by Crippen LogP contribution is -2.38. The van der Waals surface area contributed by atoms with Gasteiger partial charge in [-0.2, -0.15) is 0 Å². The molecule has 0 aromatic carbocycles. The highest BCUT2D eigenvalue weighted by Gasteiger charge is 2.26. The normalized spacial score (nSPS) is 24.0.